The highest BCUT2D eigenvalue weighted by atomic mass is 16.5. The molecule has 0 aromatic heterocycles. The monoisotopic (exact) mass is 527 g/mol. The second-order valence-corrected chi connectivity index (χ2v) is 9.90. The predicted octanol–water partition coefficient (Wildman–Crippen LogP) is 3.92. The molecule has 2 amide bonds. The van der Waals surface area contributed by atoms with Gasteiger partial charge in [0, 0.05) is 13.1 Å². The van der Waals surface area contributed by atoms with Gasteiger partial charge in [0.1, 0.15) is 12.6 Å². The molecule has 8 heteroatoms. The number of rotatable bonds is 9. The van der Waals surface area contributed by atoms with Crippen molar-refractivity contribution in [3.05, 3.63) is 102 Å². The number of hydrogen-bond acceptors (Lipinski definition) is 6. The molecule has 2 fully saturated rings. The number of esters is 1. The van der Waals surface area contributed by atoms with Gasteiger partial charge >= 0.3 is 5.97 Å². The summed E-state index contributed by atoms with van der Waals surface area (Å²) in [6.07, 6.45) is 1.80. The Morgan fingerprint density at radius 2 is 1.54 bits per heavy atom. The predicted molar refractivity (Wildman–Crippen MR) is 147 cm³/mol. The van der Waals surface area contributed by atoms with E-state index in [0.29, 0.717) is 38.2 Å². The van der Waals surface area contributed by atoms with Crippen molar-refractivity contribution in [2.24, 2.45) is 0 Å². The number of para-hydroxylation sites is 1. The first-order valence-corrected chi connectivity index (χ1v) is 13.4. The number of carbonyl (C=O) groups is 3. The standard InChI is InChI=1S/C31H33N3O5/c35-29(33-26-15-8-7-14-25(26)31(37)39-21-23-12-5-2-6-13-23)28-16-9-17-34(28)30(36)27-18-24(19-32-27)38-20-22-10-3-1-4-11-22/h1-8,10-15,24,27-28,32H,9,16-21H2,(H,33,35)/t24-,27-,28-/m1/s1. The number of nitrogens with zero attached hydrogens (tertiary/aromatic N) is 1. The van der Waals surface area contributed by atoms with Crippen molar-refractivity contribution in [2.45, 2.75) is 50.7 Å². The molecule has 2 N–H and O–H groups in total. The summed E-state index contributed by atoms with van der Waals surface area (Å²) in [4.78, 5) is 41.2. The average molecular weight is 528 g/mol. The van der Waals surface area contributed by atoms with E-state index in [9.17, 15) is 14.4 Å². The number of nitrogens with one attached hydrogen (secondary N) is 2. The van der Waals surface area contributed by atoms with Crippen molar-refractivity contribution in [1.82, 2.24) is 10.2 Å². The summed E-state index contributed by atoms with van der Waals surface area (Å²) >= 11 is 0. The van der Waals surface area contributed by atoms with Gasteiger partial charge in [0.05, 0.1) is 30.0 Å². The van der Waals surface area contributed by atoms with E-state index in [1.165, 1.54) is 0 Å². The Kier molecular flexibility index (Phi) is 8.65. The maximum absolute atomic E-state index is 13.4. The van der Waals surface area contributed by atoms with Crippen LogP contribution in [0.2, 0.25) is 0 Å². The fourth-order valence-electron chi connectivity index (χ4n) is 5.10. The maximum atomic E-state index is 13.4. The highest BCUT2D eigenvalue weighted by Gasteiger charge is 2.40. The van der Waals surface area contributed by atoms with Crippen molar-refractivity contribution in [1.29, 1.82) is 0 Å². The normalized spacial score (nSPS) is 20.5. The number of anilines is 1. The lowest BCUT2D eigenvalue weighted by atomic mass is 10.1. The first-order chi connectivity index (χ1) is 19.1. The third-order valence-corrected chi connectivity index (χ3v) is 7.17. The van der Waals surface area contributed by atoms with Crippen LogP contribution in [0.3, 0.4) is 0 Å². The van der Waals surface area contributed by atoms with Crippen LogP contribution in [0.1, 0.15) is 40.7 Å². The maximum Gasteiger partial charge on any atom is 0.340 e. The van der Waals surface area contributed by atoms with Crippen molar-refractivity contribution in [3.63, 3.8) is 0 Å². The van der Waals surface area contributed by atoms with Crippen LogP contribution in [0.4, 0.5) is 5.69 Å². The van der Waals surface area contributed by atoms with Crippen molar-refractivity contribution in [3.8, 4) is 0 Å². The second-order valence-electron chi connectivity index (χ2n) is 9.90. The molecule has 0 radical (unpaired) electrons. The molecular weight excluding hydrogens is 494 g/mol. The van der Waals surface area contributed by atoms with E-state index in [2.05, 4.69) is 10.6 Å². The highest BCUT2D eigenvalue weighted by Crippen LogP contribution is 2.24. The lowest BCUT2D eigenvalue weighted by molar-refractivity contribution is -0.138. The van der Waals surface area contributed by atoms with Crippen LogP contribution in [0.25, 0.3) is 0 Å². The molecule has 3 atom stereocenters. The number of hydrogen-bond donors (Lipinski definition) is 2. The number of benzene rings is 3. The quantitative estimate of drug-likeness (QED) is 0.410. The minimum atomic E-state index is -0.600. The molecule has 0 aliphatic carbocycles. The molecule has 8 nitrogen and oxygen atoms in total. The van der Waals surface area contributed by atoms with Crippen LogP contribution in [0.15, 0.2) is 84.9 Å². The fraction of sp³-hybridized carbons (Fsp3) is 0.323. The Labute approximate surface area is 228 Å². The van der Waals surface area contributed by atoms with Gasteiger partial charge in [0.2, 0.25) is 11.8 Å². The van der Waals surface area contributed by atoms with Gasteiger partial charge in [-0.25, -0.2) is 4.79 Å². The van der Waals surface area contributed by atoms with Gasteiger partial charge in [-0.3, -0.25) is 9.59 Å². The molecule has 202 valence electrons. The van der Waals surface area contributed by atoms with Crippen LogP contribution < -0.4 is 10.6 Å². The third kappa shape index (κ3) is 6.71. The second kappa shape index (κ2) is 12.7. The molecule has 0 bridgehead atoms. The van der Waals surface area contributed by atoms with Crippen LogP contribution in [0, 0.1) is 0 Å². The SMILES string of the molecule is O=C(OCc1ccccc1)c1ccccc1NC(=O)[C@H]1CCCN1C(=O)[C@H]1C[C@@H](OCc2ccccc2)CN1. The molecule has 2 aliphatic rings. The Morgan fingerprint density at radius 3 is 2.28 bits per heavy atom. The van der Waals surface area contributed by atoms with Gasteiger partial charge in [0.25, 0.3) is 0 Å². The molecule has 0 unspecified atom stereocenters. The van der Waals surface area contributed by atoms with Crippen molar-refractivity contribution < 1.29 is 23.9 Å². The van der Waals surface area contributed by atoms with Crippen LogP contribution in [-0.2, 0) is 32.3 Å². The summed E-state index contributed by atoms with van der Waals surface area (Å²) in [5.74, 6) is -0.918. The zero-order valence-electron chi connectivity index (χ0n) is 21.8. The van der Waals surface area contributed by atoms with Crippen molar-refractivity contribution in [2.75, 3.05) is 18.4 Å². The van der Waals surface area contributed by atoms with E-state index in [0.717, 1.165) is 17.5 Å². The average Bonchev–Trinajstić information content (AvgIpc) is 3.66. The number of ether oxygens (including phenoxy) is 2. The summed E-state index contributed by atoms with van der Waals surface area (Å²) in [7, 11) is 0. The summed E-state index contributed by atoms with van der Waals surface area (Å²) in [5.41, 5.74) is 2.61. The van der Waals surface area contributed by atoms with Gasteiger partial charge in [0.15, 0.2) is 0 Å². The highest BCUT2D eigenvalue weighted by molar-refractivity contribution is 6.04. The zero-order valence-corrected chi connectivity index (χ0v) is 21.8. The van der Waals surface area contributed by atoms with Crippen LogP contribution in [-0.4, -0.2) is 54.0 Å². The zero-order chi connectivity index (χ0) is 27.0. The molecule has 2 aliphatic heterocycles. The Bertz CT molecular complexity index is 1280. The molecular formula is C31H33N3O5. The number of likely N-dealkylation sites (tertiary alicyclic amines) is 1. The van der Waals surface area contributed by atoms with E-state index in [1.807, 2.05) is 60.7 Å². The summed E-state index contributed by atoms with van der Waals surface area (Å²) in [6, 6.07) is 25.1. The van der Waals surface area contributed by atoms with Gasteiger partial charge in [-0.05, 0) is 42.5 Å². The minimum Gasteiger partial charge on any atom is -0.457 e. The summed E-state index contributed by atoms with van der Waals surface area (Å²) in [5, 5.41) is 6.15. The Balaban J connectivity index is 1.17. The molecule has 3 aromatic carbocycles. The number of carbonyl (C=O) groups excluding carboxylic acids is 3. The Hall–Kier alpha value is -4.01. The third-order valence-electron chi connectivity index (χ3n) is 7.17. The lowest BCUT2D eigenvalue weighted by Crippen LogP contribution is -2.49. The smallest absolute Gasteiger partial charge is 0.340 e. The minimum absolute atomic E-state index is 0.0668. The van der Waals surface area contributed by atoms with Gasteiger partial charge in [-0.15, -0.1) is 0 Å². The largest absolute Gasteiger partial charge is 0.457 e. The molecule has 2 heterocycles. The molecule has 5 rings (SSSR count). The van der Waals surface area contributed by atoms with Crippen molar-refractivity contribution >= 4 is 23.5 Å². The van der Waals surface area contributed by atoms with Gasteiger partial charge < -0.3 is 25.0 Å². The van der Waals surface area contributed by atoms with Gasteiger partial charge in [-0.1, -0.05) is 72.8 Å². The van der Waals surface area contributed by atoms with E-state index < -0.39 is 12.0 Å². The van der Waals surface area contributed by atoms with Gasteiger partial charge in [-0.2, -0.15) is 0 Å². The topological polar surface area (TPSA) is 97.0 Å². The fourth-order valence-corrected chi connectivity index (χ4v) is 5.10. The first-order valence-electron chi connectivity index (χ1n) is 13.4. The van der Waals surface area contributed by atoms with E-state index in [1.54, 1.807) is 29.2 Å². The first kappa shape index (κ1) is 26.6. The molecule has 0 spiro atoms. The number of amides is 2. The van der Waals surface area contributed by atoms with Crippen LogP contribution >= 0.6 is 0 Å². The molecule has 0 saturated carbocycles. The van der Waals surface area contributed by atoms with E-state index >= 15 is 0 Å². The molecule has 3 aromatic rings. The molecule has 2 saturated heterocycles. The van der Waals surface area contributed by atoms with Crippen LogP contribution in [0.5, 0.6) is 0 Å². The lowest BCUT2D eigenvalue weighted by Gasteiger charge is -2.27. The summed E-state index contributed by atoms with van der Waals surface area (Å²) < 4.78 is 11.5. The Morgan fingerprint density at radius 1 is 0.872 bits per heavy atom. The summed E-state index contributed by atoms with van der Waals surface area (Å²) in [6.45, 7) is 1.74. The molecule has 39 heavy (non-hydrogen) atoms. The van der Waals surface area contributed by atoms with E-state index in [-0.39, 0.29) is 36.1 Å². The van der Waals surface area contributed by atoms with E-state index in [4.69, 9.17) is 9.47 Å².